The van der Waals surface area contributed by atoms with Gasteiger partial charge in [-0.25, -0.2) is 9.97 Å². The van der Waals surface area contributed by atoms with Crippen molar-refractivity contribution in [2.45, 2.75) is 57.9 Å². The van der Waals surface area contributed by atoms with Crippen LogP contribution in [0.2, 0.25) is 0 Å². The van der Waals surface area contributed by atoms with Gasteiger partial charge in [0.25, 0.3) is 0 Å². The molecule has 0 aromatic carbocycles. The second kappa shape index (κ2) is 4.91. The smallest absolute Gasteiger partial charge is 0.131 e. The predicted octanol–water partition coefficient (Wildman–Crippen LogP) is 2.85. The van der Waals surface area contributed by atoms with Crippen LogP contribution in [0.15, 0.2) is 6.20 Å². The maximum Gasteiger partial charge on any atom is 0.131 e. The molecule has 2 N–H and O–H groups in total. The highest BCUT2D eigenvalue weighted by Gasteiger charge is 2.19. The summed E-state index contributed by atoms with van der Waals surface area (Å²) in [7, 11) is 0. The molecule has 2 rings (SSSR count). The van der Waals surface area contributed by atoms with Crippen LogP contribution in [-0.4, -0.2) is 9.97 Å². The Hall–Kier alpha value is -0.960. The average Bonchev–Trinajstić information content (AvgIpc) is 2.29. The van der Waals surface area contributed by atoms with Gasteiger partial charge in [0.15, 0.2) is 0 Å². The second-order valence-electron chi connectivity index (χ2n) is 4.89. The minimum absolute atomic E-state index is 0.0282. The summed E-state index contributed by atoms with van der Waals surface area (Å²) in [6.07, 6.45) is 8.42. The van der Waals surface area contributed by atoms with Crippen molar-refractivity contribution >= 4 is 0 Å². The Morgan fingerprint density at radius 2 is 2.00 bits per heavy atom. The molecule has 0 radical (unpaired) electrons. The number of aromatic nitrogens is 2. The first-order valence-electron chi connectivity index (χ1n) is 6.27. The van der Waals surface area contributed by atoms with Gasteiger partial charge < -0.3 is 5.73 Å². The zero-order valence-corrected chi connectivity index (χ0v) is 10.2. The van der Waals surface area contributed by atoms with Gasteiger partial charge in [-0.15, -0.1) is 0 Å². The molecule has 3 heteroatoms. The average molecular weight is 219 g/mol. The minimum Gasteiger partial charge on any atom is -0.324 e. The summed E-state index contributed by atoms with van der Waals surface area (Å²) in [6.45, 7) is 4.01. The van der Waals surface area contributed by atoms with Crippen molar-refractivity contribution < 1.29 is 0 Å². The van der Waals surface area contributed by atoms with Crippen molar-refractivity contribution in [1.82, 2.24) is 9.97 Å². The number of nitrogens with two attached hydrogens (primary N) is 1. The Balaban J connectivity index is 2.19. The van der Waals surface area contributed by atoms with Crippen molar-refractivity contribution in [3.8, 4) is 0 Å². The first-order chi connectivity index (χ1) is 7.68. The van der Waals surface area contributed by atoms with Crippen LogP contribution in [0.1, 0.15) is 68.1 Å². The minimum atomic E-state index is 0.0282. The van der Waals surface area contributed by atoms with Gasteiger partial charge >= 0.3 is 0 Å². The molecule has 1 saturated carbocycles. The molecule has 0 amide bonds. The van der Waals surface area contributed by atoms with Crippen LogP contribution >= 0.6 is 0 Å². The molecule has 16 heavy (non-hydrogen) atoms. The molecule has 1 aromatic rings. The molecule has 1 aliphatic carbocycles. The maximum atomic E-state index is 5.86. The van der Waals surface area contributed by atoms with E-state index in [2.05, 4.69) is 9.97 Å². The molecule has 1 unspecified atom stereocenters. The summed E-state index contributed by atoms with van der Waals surface area (Å²) in [4.78, 5) is 9.12. The third-order valence-corrected chi connectivity index (χ3v) is 3.50. The number of aryl methyl sites for hydroxylation is 1. The summed E-state index contributed by atoms with van der Waals surface area (Å²) < 4.78 is 0. The fourth-order valence-corrected chi connectivity index (χ4v) is 2.50. The third kappa shape index (κ3) is 2.40. The van der Waals surface area contributed by atoms with E-state index in [1.807, 2.05) is 20.0 Å². The zero-order valence-electron chi connectivity index (χ0n) is 10.2. The standard InChI is InChI=1S/C13H21N3/c1-9(14)12-8-15-13(16-10(12)2)11-6-4-3-5-7-11/h8-9,11H,3-7,14H2,1-2H3. The molecule has 0 aliphatic heterocycles. The topological polar surface area (TPSA) is 51.8 Å². The van der Waals surface area contributed by atoms with Crippen molar-refractivity contribution in [1.29, 1.82) is 0 Å². The Morgan fingerprint density at radius 3 is 2.56 bits per heavy atom. The largest absolute Gasteiger partial charge is 0.324 e. The third-order valence-electron chi connectivity index (χ3n) is 3.50. The number of nitrogens with zero attached hydrogens (tertiary/aromatic N) is 2. The van der Waals surface area contributed by atoms with Gasteiger partial charge in [0, 0.05) is 29.4 Å². The fourth-order valence-electron chi connectivity index (χ4n) is 2.50. The molecule has 1 aromatic heterocycles. The first kappa shape index (κ1) is 11.5. The molecule has 1 fully saturated rings. The van der Waals surface area contributed by atoms with E-state index in [1.165, 1.54) is 32.1 Å². The molecule has 0 saturated heterocycles. The summed E-state index contributed by atoms with van der Waals surface area (Å²) in [5.74, 6) is 1.61. The highest BCUT2D eigenvalue weighted by Crippen LogP contribution is 2.30. The molecule has 3 nitrogen and oxygen atoms in total. The maximum absolute atomic E-state index is 5.86. The zero-order chi connectivity index (χ0) is 11.5. The number of hydrogen-bond donors (Lipinski definition) is 1. The summed E-state index contributed by atoms with van der Waals surface area (Å²) in [5.41, 5.74) is 7.98. The van der Waals surface area contributed by atoms with Crippen LogP contribution in [0, 0.1) is 6.92 Å². The van der Waals surface area contributed by atoms with E-state index >= 15 is 0 Å². The van der Waals surface area contributed by atoms with Crippen molar-refractivity contribution in [3.63, 3.8) is 0 Å². The normalized spacial score (nSPS) is 19.7. The van der Waals surface area contributed by atoms with E-state index in [1.54, 1.807) is 0 Å². The lowest BCUT2D eigenvalue weighted by Gasteiger charge is -2.21. The molecule has 1 aliphatic rings. The Bertz CT molecular complexity index is 354. The van der Waals surface area contributed by atoms with E-state index in [4.69, 9.17) is 5.73 Å². The van der Waals surface area contributed by atoms with Crippen LogP contribution in [-0.2, 0) is 0 Å². The Labute approximate surface area is 97.5 Å². The van der Waals surface area contributed by atoms with Crippen LogP contribution in [0.5, 0.6) is 0 Å². The van der Waals surface area contributed by atoms with Crippen LogP contribution in [0.4, 0.5) is 0 Å². The van der Waals surface area contributed by atoms with Crippen LogP contribution in [0.25, 0.3) is 0 Å². The van der Waals surface area contributed by atoms with Gasteiger partial charge in [-0.1, -0.05) is 19.3 Å². The Morgan fingerprint density at radius 1 is 1.31 bits per heavy atom. The fraction of sp³-hybridized carbons (Fsp3) is 0.692. The quantitative estimate of drug-likeness (QED) is 0.832. The van der Waals surface area contributed by atoms with Gasteiger partial charge in [0.05, 0.1) is 0 Å². The molecule has 1 heterocycles. The van der Waals surface area contributed by atoms with E-state index in [9.17, 15) is 0 Å². The highest BCUT2D eigenvalue weighted by atomic mass is 14.9. The molecule has 0 spiro atoms. The van der Waals surface area contributed by atoms with Gasteiger partial charge in [-0.05, 0) is 26.7 Å². The van der Waals surface area contributed by atoms with Crippen LogP contribution < -0.4 is 5.73 Å². The highest BCUT2D eigenvalue weighted by molar-refractivity contribution is 5.20. The first-order valence-corrected chi connectivity index (χ1v) is 6.27. The van der Waals surface area contributed by atoms with Crippen molar-refractivity contribution in [2.24, 2.45) is 5.73 Å². The van der Waals surface area contributed by atoms with Gasteiger partial charge in [0.1, 0.15) is 5.82 Å². The molecule has 1 atom stereocenters. The Kier molecular flexibility index (Phi) is 3.54. The SMILES string of the molecule is Cc1nc(C2CCCCC2)ncc1C(C)N. The summed E-state index contributed by atoms with van der Waals surface area (Å²) in [6, 6.07) is 0.0282. The molecular weight excluding hydrogens is 198 g/mol. The molecular formula is C13H21N3. The summed E-state index contributed by atoms with van der Waals surface area (Å²) in [5, 5.41) is 0. The molecule has 88 valence electrons. The van der Waals surface area contributed by atoms with Gasteiger partial charge in [-0.3, -0.25) is 0 Å². The van der Waals surface area contributed by atoms with Gasteiger partial charge in [-0.2, -0.15) is 0 Å². The second-order valence-corrected chi connectivity index (χ2v) is 4.89. The molecule has 0 bridgehead atoms. The van der Waals surface area contributed by atoms with E-state index in [0.717, 1.165) is 17.1 Å². The van der Waals surface area contributed by atoms with Gasteiger partial charge in [0.2, 0.25) is 0 Å². The lowest BCUT2D eigenvalue weighted by Crippen LogP contribution is -2.13. The summed E-state index contributed by atoms with van der Waals surface area (Å²) >= 11 is 0. The van der Waals surface area contributed by atoms with E-state index < -0.39 is 0 Å². The van der Waals surface area contributed by atoms with E-state index in [0.29, 0.717) is 5.92 Å². The lowest BCUT2D eigenvalue weighted by molar-refractivity contribution is 0.427. The van der Waals surface area contributed by atoms with E-state index in [-0.39, 0.29) is 6.04 Å². The van der Waals surface area contributed by atoms with Crippen molar-refractivity contribution in [3.05, 3.63) is 23.3 Å². The monoisotopic (exact) mass is 219 g/mol. The number of rotatable bonds is 2. The lowest BCUT2D eigenvalue weighted by atomic mass is 9.88. The van der Waals surface area contributed by atoms with Crippen molar-refractivity contribution in [2.75, 3.05) is 0 Å². The predicted molar refractivity (Wildman–Crippen MR) is 65.2 cm³/mol. The van der Waals surface area contributed by atoms with Crippen LogP contribution in [0.3, 0.4) is 0 Å². The number of hydrogen-bond acceptors (Lipinski definition) is 3.